The Balaban J connectivity index is 1.70. The second-order valence-electron chi connectivity index (χ2n) is 5.58. The van der Waals surface area contributed by atoms with Gasteiger partial charge in [0.25, 0.3) is 0 Å². The van der Waals surface area contributed by atoms with Crippen molar-refractivity contribution in [1.82, 2.24) is 0 Å². The molecule has 3 rings (SSSR count). The van der Waals surface area contributed by atoms with Crippen molar-refractivity contribution in [3.05, 3.63) is 71.8 Å². The Kier molecular flexibility index (Phi) is 4.92. The molecule has 2 amide bonds. The Morgan fingerprint density at radius 3 is 2.28 bits per heavy atom. The van der Waals surface area contributed by atoms with Crippen molar-refractivity contribution in [3.8, 4) is 0 Å². The van der Waals surface area contributed by atoms with Crippen LogP contribution in [0.2, 0.25) is 0 Å². The van der Waals surface area contributed by atoms with E-state index in [2.05, 4.69) is 15.7 Å². The lowest BCUT2D eigenvalue weighted by Crippen LogP contribution is -2.19. The van der Waals surface area contributed by atoms with Gasteiger partial charge in [0.15, 0.2) is 0 Å². The number of nitrogens with one attached hydrogen (secondary N) is 2. The number of anilines is 2. The number of carbonyl (C=O) groups is 1. The van der Waals surface area contributed by atoms with Crippen LogP contribution in [0.5, 0.6) is 0 Å². The van der Waals surface area contributed by atoms with Gasteiger partial charge < -0.3 is 22.2 Å². The van der Waals surface area contributed by atoms with E-state index >= 15 is 0 Å². The Labute approximate surface area is 145 Å². The number of nitrogens with two attached hydrogens (primary N) is 2. The van der Waals surface area contributed by atoms with Crippen molar-refractivity contribution in [2.75, 3.05) is 10.6 Å². The number of fused-ring (bicyclic) bond motifs is 1. The summed E-state index contributed by atoms with van der Waals surface area (Å²) in [5, 5.41) is 11.2. The first-order chi connectivity index (χ1) is 12.2. The first kappa shape index (κ1) is 16.5. The largest absolute Gasteiger partial charge is 0.326 e. The SMILES string of the molecule is NCc1ccc(NC(=O)Nc2ccc3cc(/C=N/N)ccc3c2)cc1. The van der Waals surface area contributed by atoms with E-state index in [0.717, 1.165) is 21.9 Å². The third-order valence-electron chi connectivity index (χ3n) is 3.79. The molecule has 0 atom stereocenters. The van der Waals surface area contributed by atoms with Gasteiger partial charge in [-0.1, -0.05) is 30.3 Å². The molecule has 0 radical (unpaired) electrons. The Bertz CT molecular complexity index is 919. The fourth-order valence-corrected chi connectivity index (χ4v) is 2.53. The Morgan fingerprint density at radius 1 is 0.920 bits per heavy atom. The fourth-order valence-electron chi connectivity index (χ4n) is 2.53. The van der Waals surface area contributed by atoms with Crippen LogP contribution in [-0.2, 0) is 6.54 Å². The number of hydrogen-bond donors (Lipinski definition) is 4. The van der Waals surface area contributed by atoms with Gasteiger partial charge in [-0.15, -0.1) is 0 Å². The molecule has 126 valence electrons. The zero-order chi connectivity index (χ0) is 17.6. The van der Waals surface area contributed by atoms with Gasteiger partial charge in [-0.3, -0.25) is 0 Å². The minimum Gasteiger partial charge on any atom is -0.326 e. The van der Waals surface area contributed by atoms with Crippen molar-refractivity contribution in [1.29, 1.82) is 0 Å². The quantitative estimate of drug-likeness (QED) is 0.334. The van der Waals surface area contributed by atoms with Crippen LogP contribution >= 0.6 is 0 Å². The summed E-state index contributed by atoms with van der Waals surface area (Å²) in [6, 6.07) is 18.7. The lowest BCUT2D eigenvalue weighted by atomic mass is 10.1. The number of benzene rings is 3. The van der Waals surface area contributed by atoms with E-state index in [9.17, 15) is 4.79 Å². The summed E-state index contributed by atoms with van der Waals surface area (Å²) >= 11 is 0. The molecule has 0 aliphatic heterocycles. The highest BCUT2D eigenvalue weighted by atomic mass is 16.2. The Hall–Kier alpha value is -3.38. The molecule has 0 aliphatic rings. The molecule has 0 bridgehead atoms. The lowest BCUT2D eigenvalue weighted by Gasteiger charge is -2.09. The minimum atomic E-state index is -0.299. The van der Waals surface area contributed by atoms with Gasteiger partial charge in [-0.25, -0.2) is 4.79 Å². The van der Waals surface area contributed by atoms with Gasteiger partial charge in [-0.05, 0) is 52.2 Å². The number of hydrazone groups is 1. The molecule has 0 aliphatic carbocycles. The van der Waals surface area contributed by atoms with Crippen molar-refractivity contribution in [2.24, 2.45) is 16.7 Å². The molecule has 0 aromatic heterocycles. The lowest BCUT2D eigenvalue weighted by molar-refractivity contribution is 0.262. The summed E-state index contributed by atoms with van der Waals surface area (Å²) in [5.41, 5.74) is 8.92. The van der Waals surface area contributed by atoms with Crippen LogP contribution in [0.25, 0.3) is 10.8 Å². The fraction of sp³-hybridized carbons (Fsp3) is 0.0526. The summed E-state index contributed by atoms with van der Waals surface area (Å²) in [6.45, 7) is 0.475. The summed E-state index contributed by atoms with van der Waals surface area (Å²) in [6.07, 6.45) is 1.59. The molecule has 0 saturated heterocycles. The zero-order valence-electron chi connectivity index (χ0n) is 13.6. The van der Waals surface area contributed by atoms with E-state index < -0.39 is 0 Å². The summed E-state index contributed by atoms with van der Waals surface area (Å²) in [4.78, 5) is 12.1. The van der Waals surface area contributed by atoms with Crippen molar-refractivity contribution in [3.63, 3.8) is 0 Å². The highest BCUT2D eigenvalue weighted by molar-refractivity contribution is 6.01. The van der Waals surface area contributed by atoms with E-state index in [-0.39, 0.29) is 6.03 Å². The molecule has 0 spiro atoms. The maximum absolute atomic E-state index is 12.1. The van der Waals surface area contributed by atoms with Crippen LogP contribution in [0.1, 0.15) is 11.1 Å². The number of carbonyl (C=O) groups excluding carboxylic acids is 1. The van der Waals surface area contributed by atoms with Crippen LogP contribution in [-0.4, -0.2) is 12.2 Å². The third kappa shape index (κ3) is 4.13. The number of nitrogens with zero attached hydrogens (tertiary/aromatic N) is 1. The van der Waals surface area contributed by atoms with Crippen LogP contribution in [0.4, 0.5) is 16.2 Å². The van der Waals surface area contributed by atoms with Crippen LogP contribution in [0, 0.1) is 0 Å². The smallest absolute Gasteiger partial charge is 0.323 e. The first-order valence-corrected chi connectivity index (χ1v) is 7.82. The molecule has 0 saturated carbocycles. The Morgan fingerprint density at radius 2 is 1.56 bits per heavy atom. The van der Waals surface area contributed by atoms with Gasteiger partial charge in [0, 0.05) is 17.9 Å². The number of rotatable bonds is 4. The minimum absolute atomic E-state index is 0.299. The number of urea groups is 1. The van der Waals surface area contributed by atoms with Crippen LogP contribution in [0.3, 0.4) is 0 Å². The highest BCUT2D eigenvalue weighted by Crippen LogP contribution is 2.20. The first-order valence-electron chi connectivity index (χ1n) is 7.82. The van der Waals surface area contributed by atoms with E-state index in [0.29, 0.717) is 17.9 Å². The average Bonchev–Trinajstić information content (AvgIpc) is 2.62. The molecule has 3 aromatic carbocycles. The maximum Gasteiger partial charge on any atom is 0.323 e. The second-order valence-corrected chi connectivity index (χ2v) is 5.58. The molecule has 3 aromatic rings. The zero-order valence-corrected chi connectivity index (χ0v) is 13.6. The van der Waals surface area contributed by atoms with Crippen molar-refractivity contribution in [2.45, 2.75) is 6.54 Å². The van der Waals surface area contributed by atoms with Crippen LogP contribution in [0.15, 0.2) is 65.8 Å². The molecule has 0 fully saturated rings. The monoisotopic (exact) mass is 333 g/mol. The van der Waals surface area contributed by atoms with Gasteiger partial charge in [0.1, 0.15) is 0 Å². The van der Waals surface area contributed by atoms with Crippen LogP contribution < -0.4 is 22.2 Å². The van der Waals surface area contributed by atoms with Gasteiger partial charge in [0.05, 0.1) is 6.21 Å². The molecule has 0 heterocycles. The number of hydrogen-bond acceptors (Lipinski definition) is 4. The predicted molar refractivity (Wildman–Crippen MR) is 103 cm³/mol. The summed E-state index contributed by atoms with van der Waals surface area (Å²) in [7, 11) is 0. The van der Waals surface area contributed by atoms with E-state index in [1.807, 2.05) is 60.7 Å². The second kappa shape index (κ2) is 7.46. The summed E-state index contributed by atoms with van der Waals surface area (Å²) in [5.74, 6) is 5.17. The molecule has 0 unspecified atom stereocenters. The van der Waals surface area contributed by atoms with E-state index in [1.165, 1.54) is 0 Å². The molecule has 6 nitrogen and oxygen atoms in total. The van der Waals surface area contributed by atoms with Gasteiger partial charge >= 0.3 is 6.03 Å². The highest BCUT2D eigenvalue weighted by Gasteiger charge is 2.04. The van der Waals surface area contributed by atoms with Gasteiger partial charge in [0.2, 0.25) is 0 Å². The topological polar surface area (TPSA) is 106 Å². The molecular weight excluding hydrogens is 314 g/mol. The molecule has 25 heavy (non-hydrogen) atoms. The molecular formula is C19H19N5O. The maximum atomic E-state index is 12.1. The van der Waals surface area contributed by atoms with Gasteiger partial charge in [-0.2, -0.15) is 5.10 Å². The van der Waals surface area contributed by atoms with Crippen molar-refractivity contribution >= 4 is 34.4 Å². The summed E-state index contributed by atoms with van der Waals surface area (Å²) < 4.78 is 0. The normalized spacial score (nSPS) is 10.9. The van der Waals surface area contributed by atoms with E-state index in [1.54, 1.807) is 6.21 Å². The third-order valence-corrected chi connectivity index (χ3v) is 3.79. The molecule has 6 heteroatoms. The number of amides is 2. The predicted octanol–water partition coefficient (Wildman–Crippen LogP) is 3.24. The van der Waals surface area contributed by atoms with E-state index in [4.69, 9.17) is 11.6 Å². The standard InChI is InChI=1S/C19H19N5O/c20-11-13-2-6-17(7-3-13)23-19(25)24-18-8-5-15-9-14(12-22-21)1-4-16(15)10-18/h1-10,12H,11,20-21H2,(H2,23,24,25)/b22-12+. The average molecular weight is 333 g/mol. The molecule has 6 N–H and O–H groups in total. The van der Waals surface area contributed by atoms with Crippen molar-refractivity contribution < 1.29 is 4.79 Å².